The number of hydrogen-bond acceptors (Lipinski definition) is 4. The van der Waals surface area contributed by atoms with Crippen molar-refractivity contribution in [1.29, 1.82) is 0 Å². The SMILES string of the molecule is Cc1ccc(CCC(=O)Nc2ncc(-c3ccccc3)cn2)o1. The van der Waals surface area contributed by atoms with Gasteiger partial charge in [-0.05, 0) is 24.6 Å². The number of anilines is 1. The van der Waals surface area contributed by atoms with Gasteiger partial charge in [0.1, 0.15) is 11.5 Å². The van der Waals surface area contributed by atoms with Crippen molar-refractivity contribution in [3.63, 3.8) is 0 Å². The van der Waals surface area contributed by atoms with Crippen LogP contribution in [0.3, 0.4) is 0 Å². The molecule has 5 nitrogen and oxygen atoms in total. The average Bonchev–Trinajstić information content (AvgIpc) is 3.00. The summed E-state index contributed by atoms with van der Waals surface area (Å²) in [7, 11) is 0. The summed E-state index contributed by atoms with van der Waals surface area (Å²) in [5.41, 5.74) is 1.95. The topological polar surface area (TPSA) is 68.0 Å². The maximum atomic E-state index is 11.9. The highest BCUT2D eigenvalue weighted by molar-refractivity contribution is 5.89. The molecule has 2 heterocycles. The second-order valence-corrected chi connectivity index (χ2v) is 5.22. The van der Waals surface area contributed by atoms with Gasteiger partial charge < -0.3 is 4.42 Å². The monoisotopic (exact) mass is 307 g/mol. The van der Waals surface area contributed by atoms with Crippen molar-refractivity contribution in [2.24, 2.45) is 0 Å². The Labute approximate surface area is 134 Å². The van der Waals surface area contributed by atoms with E-state index in [2.05, 4.69) is 15.3 Å². The Morgan fingerprint density at radius 1 is 1.04 bits per heavy atom. The van der Waals surface area contributed by atoms with E-state index < -0.39 is 0 Å². The van der Waals surface area contributed by atoms with Crippen LogP contribution in [0, 0.1) is 6.92 Å². The first-order chi connectivity index (χ1) is 11.2. The fourth-order valence-corrected chi connectivity index (χ4v) is 2.22. The van der Waals surface area contributed by atoms with Crippen LogP contribution in [0.5, 0.6) is 0 Å². The first-order valence-corrected chi connectivity index (χ1v) is 7.43. The van der Waals surface area contributed by atoms with Crippen molar-refractivity contribution >= 4 is 11.9 Å². The smallest absolute Gasteiger partial charge is 0.229 e. The second kappa shape index (κ2) is 6.87. The minimum absolute atomic E-state index is 0.133. The van der Waals surface area contributed by atoms with Gasteiger partial charge >= 0.3 is 0 Å². The molecule has 23 heavy (non-hydrogen) atoms. The van der Waals surface area contributed by atoms with Crippen LogP contribution in [0.2, 0.25) is 0 Å². The van der Waals surface area contributed by atoms with Crippen LogP contribution in [0.1, 0.15) is 17.9 Å². The number of aromatic nitrogens is 2. The molecule has 116 valence electrons. The van der Waals surface area contributed by atoms with E-state index in [4.69, 9.17) is 4.42 Å². The molecular formula is C18H17N3O2. The third-order valence-corrected chi connectivity index (χ3v) is 3.40. The molecule has 1 N–H and O–H groups in total. The second-order valence-electron chi connectivity index (χ2n) is 5.22. The standard InChI is InChI=1S/C18H17N3O2/c1-13-7-8-16(23-13)9-10-17(22)21-18-19-11-15(12-20-18)14-5-3-2-4-6-14/h2-8,11-12H,9-10H2,1H3,(H,19,20,21,22). The van der Waals surface area contributed by atoms with Crippen molar-refractivity contribution in [3.8, 4) is 11.1 Å². The zero-order chi connectivity index (χ0) is 16.1. The molecule has 0 aliphatic heterocycles. The lowest BCUT2D eigenvalue weighted by Crippen LogP contribution is -2.14. The fraction of sp³-hybridized carbons (Fsp3) is 0.167. The molecule has 0 aliphatic carbocycles. The molecule has 0 unspecified atom stereocenters. The number of rotatable bonds is 5. The highest BCUT2D eigenvalue weighted by atomic mass is 16.3. The molecule has 0 radical (unpaired) electrons. The normalized spacial score (nSPS) is 10.5. The average molecular weight is 307 g/mol. The Morgan fingerprint density at radius 2 is 1.78 bits per heavy atom. The van der Waals surface area contributed by atoms with Gasteiger partial charge in [0, 0.05) is 30.8 Å². The lowest BCUT2D eigenvalue weighted by molar-refractivity contribution is -0.116. The number of nitrogens with one attached hydrogen (secondary N) is 1. The van der Waals surface area contributed by atoms with Gasteiger partial charge in [-0.15, -0.1) is 0 Å². The van der Waals surface area contributed by atoms with Crippen molar-refractivity contribution < 1.29 is 9.21 Å². The van der Waals surface area contributed by atoms with E-state index in [0.29, 0.717) is 18.8 Å². The molecule has 5 heteroatoms. The largest absolute Gasteiger partial charge is 0.466 e. The Hall–Kier alpha value is -2.95. The van der Waals surface area contributed by atoms with Gasteiger partial charge in [-0.25, -0.2) is 9.97 Å². The van der Waals surface area contributed by atoms with E-state index in [0.717, 1.165) is 22.6 Å². The Morgan fingerprint density at radius 3 is 2.43 bits per heavy atom. The summed E-state index contributed by atoms with van der Waals surface area (Å²) >= 11 is 0. The molecule has 0 fully saturated rings. The summed E-state index contributed by atoms with van der Waals surface area (Å²) in [6, 6.07) is 13.6. The van der Waals surface area contributed by atoms with Gasteiger partial charge in [-0.1, -0.05) is 30.3 Å². The van der Waals surface area contributed by atoms with Crippen LogP contribution < -0.4 is 5.32 Å². The van der Waals surface area contributed by atoms with Crippen molar-refractivity contribution in [2.45, 2.75) is 19.8 Å². The number of amides is 1. The molecule has 3 aromatic rings. The Balaban J connectivity index is 1.56. The Kier molecular flexibility index (Phi) is 4.47. The van der Waals surface area contributed by atoms with Crippen molar-refractivity contribution in [1.82, 2.24) is 9.97 Å². The molecule has 0 aliphatic rings. The zero-order valence-corrected chi connectivity index (χ0v) is 12.8. The summed E-state index contributed by atoms with van der Waals surface area (Å²) in [5, 5.41) is 2.69. The van der Waals surface area contributed by atoms with Gasteiger partial charge in [0.2, 0.25) is 11.9 Å². The van der Waals surface area contributed by atoms with E-state index in [-0.39, 0.29) is 5.91 Å². The van der Waals surface area contributed by atoms with Gasteiger partial charge in [0.15, 0.2) is 0 Å². The first-order valence-electron chi connectivity index (χ1n) is 7.43. The molecule has 0 spiro atoms. The van der Waals surface area contributed by atoms with Gasteiger partial charge in [-0.2, -0.15) is 0 Å². The minimum Gasteiger partial charge on any atom is -0.466 e. The van der Waals surface area contributed by atoms with Crippen LogP contribution in [0.25, 0.3) is 11.1 Å². The number of hydrogen-bond donors (Lipinski definition) is 1. The molecule has 0 bridgehead atoms. The lowest BCUT2D eigenvalue weighted by Gasteiger charge is -2.04. The summed E-state index contributed by atoms with van der Waals surface area (Å²) in [4.78, 5) is 20.3. The van der Waals surface area contributed by atoms with Crippen molar-refractivity contribution in [3.05, 3.63) is 66.4 Å². The number of carbonyl (C=O) groups excluding carboxylic acids is 1. The van der Waals surface area contributed by atoms with Gasteiger partial charge in [0.25, 0.3) is 0 Å². The maximum Gasteiger partial charge on any atom is 0.229 e. The van der Waals surface area contributed by atoms with Crippen LogP contribution in [0.4, 0.5) is 5.95 Å². The maximum absolute atomic E-state index is 11.9. The van der Waals surface area contributed by atoms with Gasteiger partial charge in [0.05, 0.1) is 0 Å². The first kappa shape index (κ1) is 15.0. The van der Waals surface area contributed by atoms with Crippen LogP contribution in [0.15, 0.2) is 59.3 Å². The molecule has 1 aromatic carbocycles. The molecule has 0 atom stereocenters. The summed E-state index contributed by atoms with van der Waals surface area (Å²) < 4.78 is 5.44. The Bertz CT molecular complexity index is 780. The van der Waals surface area contributed by atoms with E-state index >= 15 is 0 Å². The molecule has 1 amide bonds. The predicted molar refractivity (Wildman–Crippen MR) is 87.9 cm³/mol. The summed E-state index contributed by atoms with van der Waals surface area (Å²) in [5.74, 6) is 1.83. The zero-order valence-electron chi connectivity index (χ0n) is 12.8. The quantitative estimate of drug-likeness (QED) is 0.781. The van der Waals surface area contributed by atoms with E-state index in [9.17, 15) is 4.79 Å². The highest BCUT2D eigenvalue weighted by Gasteiger charge is 2.07. The number of carbonyl (C=O) groups is 1. The minimum atomic E-state index is -0.133. The van der Waals surface area contributed by atoms with E-state index in [1.165, 1.54) is 0 Å². The predicted octanol–water partition coefficient (Wildman–Crippen LogP) is 3.62. The summed E-state index contributed by atoms with van der Waals surface area (Å²) in [6.45, 7) is 1.88. The number of aryl methyl sites for hydroxylation is 2. The molecule has 0 saturated heterocycles. The number of nitrogens with zero attached hydrogens (tertiary/aromatic N) is 2. The molecule has 2 aromatic heterocycles. The van der Waals surface area contributed by atoms with E-state index in [1.807, 2.05) is 49.4 Å². The van der Waals surface area contributed by atoms with Crippen LogP contribution in [-0.4, -0.2) is 15.9 Å². The van der Waals surface area contributed by atoms with Crippen LogP contribution in [-0.2, 0) is 11.2 Å². The molecule has 3 rings (SSSR count). The van der Waals surface area contributed by atoms with Crippen LogP contribution >= 0.6 is 0 Å². The third-order valence-electron chi connectivity index (χ3n) is 3.40. The summed E-state index contributed by atoms with van der Waals surface area (Å²) in [6.07, 6.45) is 4.29. The molecule has 0 saturated carbocycles. The highest BCUT2D eigenvalue weighted by Crippen LogP contribution is 2.17. The van der Waals surface area contributed by atoms with Gasteiger partial charge in [-0.3, -0.25) is 10.1 Å². The number of benzene rings is 1. The van der Waals surface area contributed by atoms with E-state index in [1.54, 1.807) is 12.4 Å². The number of furan rings is 1. The molecular weight excluding hydrogens is 290 g/mol. The lowest BCUT2D eigenvalue weighted by atomic mass is 10.1. The van der Waals surface area contributed by atoms with Crippen molar-refractivity contribution in [2.75, 3.05) is 5.32 Å². The third kappa shape index (κ3) is 4.03. The fourth-order valence-electron chi connectivity index (χ4n) is 2.22.